The fourth-order valence-electron chi connectivity index (χ4n) is 3.24. The van der Waals surface area contributed by atoms with Gasteiger partial charge in [-0.3, -0.25) is 9.59 Å². The monoisotopic (exact) mass is 627 g/mol. The molecule has 205 valence electrons. The van der Waals surface area contributed by atoms with Crippen LogP contribution >= 0.6 is 23.5 Å². The van der Waals surface area contributed by atoms with Crippen LogP contribution in [-0.2, 0) is 26.4 Å². The minimum absolute atomic E-state index is 0. The van der Waals surface area contributed by atoms with Crippen LogP contribution in [0.1, 0.15) is 0 Å². The molecule has 3 aromatic rings. The number of ketones is 2. The molecule has 0 bridgehead atoms. The molecule has 0 aliphatic carbocycles. The van der Waals surface area contributed by atoms with Gasteiger partial charge in [0.25, 0.3) is 11.6 Å². The molecule has 1 radical (unpaired) electrons. The summed E-state index contributed by atoms with van der Waals surface area (Å²) in [5.74, 6) is -3.24. The molecule has 0 fully saturated rings. The number of allylic oxidation sites excluding steroid dienone is 2. The van der Waals surface area contributed by atoms with Crippen LogP contribution in [0.5, 0.6) is 5.75 Å². The summed E-state index contributed by atoms with van der Waals surface area (Å²) in [6.45, 7) is 0. The van der Waals surface area contributed by atoms with Crippen LogP contribution in [0.15, 0.2) is 86.6 Å². The number of hydrogen-bond acceptors (Lipinski definition) is 5. The number of fused-ring (bicyclic) bond motifs is 4. The molecule has 2 aliphatic heterocycles. The largest absolute Gasteiger partial charge is 2.00 e. The van der Waals surface area contributed by atoms with Crippen LogP contribution in [0.25, 0.3) is 21.4 Å². The molecule has 3 aromatic carbocycles. The van der Waals surface area contributed by atoms with Crippen molar-refractivity contribution in [2.24, 2.45) is 0 Å². The number of halogens is 6. The standard InChI is InChI=1S/C14H8F3NOS.C11H8F3NO2S.Co/c15-14(16,17)11(19)7-12-18-13-9-4-2-1-3-8(9)5-6-10(13)20-12;1-17-6-2-3-8-7(4-6)15-10(18-8)5-9(16)11(12,13)14;/h1-7H,(H,18,19);2-5H,1H3,(H,15,16);/q;;+2/p-2. The predicted molar refractivity (Wildman–Crippen MR) is 133 cm³/mol. The Morgan fingerprint density at radius 2 is 1.36 bits per heavy atom. The maximum Gasteiger partial charge on any atom is 2.00 e. The summed E-state index contributed by atoms with van der Waals surface area (Å²) < 4.78 is 77.9. The van der Waals surface area contributed by atoms with Gasteiger partial charge in [0.05, 0.1) is 7.11 Å². The SMILES string of the molecule is COc1ccc2c(c1)[N-]/C(=C\C(=O)C(F)(F)F)S2.O=C(/C=C1\[N-]c2c(ccc3ccccc23)S1)C(F)(F)F.[Co+2]. The first-order valence-electron chi connectivity index (χ1n) is 10.5. The third-order valence-electron chi connectivity index (χ3n) is 4.98. The number of benzene rings is 3. The van der Waals surface area contributed by atoms with Gasteiger partial charge >= 0.3 is 29.1 Å². The van der Waals surface area contributed by atoms with E-state index in [1.54, 1.807) is 24.3 Å². The van der Waals surface area contributed by atoms with Crippen molar-refractivity contribution in [2.75, 3.05) is 7.11 Å². The first kappa shape index (κ1) is 30.5. The number of carbonyl (C=O) groups excluding carboxylic acids is 2. The minimum Gasteiger partial charge on any atom is -0.651 e. The van der Waals surface area contributed by atoms with Crippen molar-refractivity contribution in [3.05, 3.63) is 87.4 Å². The Labute approximate surface area is 236 Å². The van der Waals surface area contributed by atoms with E-state index in [4.69, 9.17) is 4.74 Å². The van der Waals surface area contributed by atoms with Gasteiger partial charge in [-0.15, -0.1) is 34.9 Å². The summed E-state index contributed by atoms with van der Waals surface area (Å²) in [5.41, 5.74) is 1.12. The first-order valence-corrected chi connectivity index (χ1v) is 12.1. The molecule has 0 amide bonds. The van der Waals surface area contributed by atoms with E-state index in [1.807, 2.05) is 30.3 Å². The summed E-state index contributed by atoms with van der Waals surface area (Å²) in [6, 6.07) is 16.1. The molecule has 39 heavy (non-hydrogen) atoms. The number of ether oxygens (including phenoxy) is 1. The number of thioether (sulfide) groups is 2. The van der Waals surface area contributed by atoms with Gasteiger partial charge in [0.1, 0.15) is 5.75 Å². The Bertz CT molecular complexity index is 1490. The quantitative estimate of drug-likeness (QED) is 0.215. The second-order valence-electron chi connectivity index (χ2n) is 7.58. The Morgan fingerprint density at radius 3 is 1.97 bits per heavy atom. The normalized spacial score (nSPS) is 15.9. The van der Waals surface area contributed by atoms with Crippen molar-refractivity contribution < 1.29 is 57.4 Å². The molecule has 5 rings (SSSR count). The van der Waals surface area contributed by atoms with Crippen molar-refractivity contribution in [1.82, 2.24) is 0 Å². The van der Waals surface area contributed by atoms with E-state index in [9.17, 15) is 35.9 Å². The molecule has 2 aliphatic rings. The van der Waals surface area contributed by atoms with Gasteiger partial charge in [-0.05, 0) is 57.0 Å². The zero-order chi connectivity index (χ0) is 27.7. The summed E-state index contributed by atoms with van der Waals surface area (Å²) in [6.07, 6.45) is -8.69. The van der Waals surface area contributed by atoms with Crippen LogP contribution in [-0.4, -0.2) is 31.0 Å². The van der Waals surface area contributed by atoms with Crippen LogP contribution < -0.4 is 4.74 Å². The second kappa shape index (κ2) is 12.0. The molecule has 0 saturated heterocycles. The molecular formula is C25H14CoF6N2O3S2. The summed E-state index contributed by atoms with van der Waals surface area (Å²) in [5, 5.41) is 9.99. The van der Waals surface area contributed by atoms with Crippen LogP contribution in [0.2, 0.25) is 0 Å². The molecular weight excluding hydrogens is 613 g/mol. The Kier molecular flexibility index (Phi) is 9.36. The molecule has 0 atom stereocenters. The first-order chi connectivity index (χ1) is 17.8. The minimum atomic E-state index is -4.87. The van der Waals surface area contributed by atoms with Crippen LogP contribution in [0, 0.1) is 0 Å². The maximum atomic E-state index is 12.2. The Balaban J connectivity index is 0.000000211. The number of carbonyl (C=O) groups is 2. The molecule has 0 unspecified atom stereocenters. The van der Waals surface area contributed by atoms with Gasteiger partial charge in [-0.1, -0.05) is 40.4 Å². The molecule has 0 spiro atoms. The Hall–Kier alpha value is -3.07. The van der Waals surface area contributed by atoms with Gasteiger partial charge in [0.15, 0.2) is 0 Å². The fourth-order valence-corrected chi connectivity index (χ4v) is 5.04. The van der Waals surface area contributed by atoms with Crippen LogP contribution in [0.4, 0.5) is 37.7 Å². The average Bonchev–Trinajstić information content (AvgIpc) is 3.45. The zero-order valence-corrected chi connectivity index (χ0v) is 22.1. The van der Waals surface area contributed by atoms with Crippen molar-refractivity contribution in [1.29, 1.82) is 0 Å². The molecule has 14 heteroatoms. The van der Waals surface area contributed by atoms with Crippen molar-refractivity contribution in [3.63, 3.8) is 0 Å². The predicted octanol–water partition coefficient (Wildman–Crippen LogP) is 8.70. The van der Waals surface area contributed by atoms with Gasteiger partial charge in [0.2, 0.25) is 0 Å². The number of methoxy groups -OCH3 is 1. The molecule has 5 nitrogen and oxygen atoms in total. The third-order valence-corrected chi connectivity index (χ3v) is 6.93. The smallest absolute Gasteiger partial charge is 0.651 e. The second-order valence-corrected chi connectivity index (χ2v) is 9.71. The Morgan fingerprint density at radius 1 is 0.795 bits per heavy atom. The van der Waals surface area contributed by atoms with E-state index < -0.39 is 23.9 Å². The van der Waals surface area contributed by atoms with E-state index in [1.165, 1.54) is 7.11 Å². The van der Waals surface area contributed by atoms with E-state index >= 15 is 0 Å². The van der Waals surface area contributed by atoms with E-state index in [0.717, 1.165) is 39.2 Å². The summed E-state index contributed by atoms with van der Waals surface area (Å²) in [7, 11) is 1.48. The molecule has 0 saturated carbocycles. The molecule has 0 N–H and O–H groups in total. The molecule has 2 heterocycles. The molecule has 0 aromatic heterocycles. The number of hydrogen-bond donors (Lipinski definition) is 0. The maximum absolute atomic E-state index is 12.2. The van der Waals surface area contributed by atoms with E-state index in [2.05, 4.69) is 10.6 Å². The number of rotatable bonds is 3. The van der Waals surface area contributed by atoms with Crippen LogP contribution in [0.3, 0.4) is 0 Å². The summed E-state index contributed by atoms with van der Waals surface area (Å²) in [4.78, 5) is 23.2. The average molecular weight is 627 g/mol. The van der Waals surface area contributed by atoms with Crippen molar-refractivity contribution in [2.45, 2.75) is 22.1 Å². The topological polar surface area (TPSA) is 71.6 Å². The zero-order valence-electron chi connectivity index (χ0n) is 19.4. The fraction of sp³-hybridized carbons (Fsp3) is 0.120. The van der Waals surface area contributed by atoms with Gasteiger partial charge in [-0.25, -0.2) is 0 Å². The van der Waals surface area contributed by atoms with Crippen molar-refractivity contribution in [3.8, 4) is 5.75 Å². The third kappa shape index (κ3) is 7.32. The number of nitrogens with zero attached hydrogens (tertiary/aromatic N) is 2. The number of alkyl halides is 6. The van der Waals surface area contributed by atoms with Gasteiger partial charge < -0.3 is 15.4 Å². The van der Waals surface area contributed by atoms with E-state index in [-0.39, 0.29) is 26.8 Å². The summed E-state index contributed by atoms with van der Waals surface area (Å²) >= 11 is 2.09. The van der Waals surface area contributed by atoms with Gasteiger partial charge in [-0.2, -0.15) is 26.3 Å². The van der Waals surface area contributed by atoms with Gasteiger partial charge in [0, 0.05) is 0 Å². The van der Waals surface area contributed by atoms with Crippen molar-refractivity contribution >= 4 is 57.2 Å². The van der Waals surface area contributed by atoms with E-state index in [0.29, 0.717) is 34.2 Å².